The SMILES string of the molecule is CCNC1CSCc2c(F)cc(F)cc21. The highest BCUT2D eigenvalue weighted by Crippen LogP contribution is 2.33. The number of hydrogen-bond acceptors (Lipinski definition) is 2. The maximum atomic E-state index is 13.5. The first-order valence-corrected chi connectivity index (χ1v) is 6.16. The third-order valence-electron chi connectivity index (χ3n) is 2.55. The first-order valence-electron chi connectivity index (χ1n) is 5.01. The van der Waals surface area contributed by atoms with E-state index in [1.165, 1.54) is 6.07 Å². The molecule has 0 amide bonds. The Balaban J connectivity index is 2.41. The zero-order valence-electron chi connectivity index (χ0n) is 8.52. The van der Waals surface area contributed by atoms with E-state index in [1.807, 2.05) is 6.92 Å². The number of halogens is 2. The molecule has 1 N–H and O–H groups in total. The predicted molar refractivity (Wildman–Crippen MR) is 58.9 cm³/mol. The molecular weight excluding hydrogens is 216 g/mol. The van der Waals surface area contributed by atoms with Crippen LogP contribution < -0.4 is 5.32 Å². The van der Waals surface area contributed by atoms with Gasteiger partial charge < -0.3 is 5.32 Å². The monoisotopic (exact) mass is 229 g/mol. The van der Waals surface area contributed by atoms with E-state index in [1.54, 1.807) is 11.8 Å². The molecule has 1 aromatic rings. The molecule has 0 bridgehead atoms. The Kier molecular flexibility index (Phi) is 3.26. The van der Waals surface area contributed by atoms with Crippen molar-refractivity contribution in [2.24, 2.45) is 0 Å². The zero-order valence-corrected chi connectivity index (χ0v) is 9.33. The second kappa shape index (κ2) is 4.49. The Bertz CT molecular complexity index is 368. The summed E-state index contributed by atoms with van der Waals surface area (Å²) >= 11 is 1.68. The third-order valence-corrected chi connectivity index (χ3v) is 3.61. The van der Waals surface area contributed by atoms with Crippen LogP contribution in [0.1, 0.15) is 24.1 Å². The Hall–Kier alpha value is -0.610. The number of rotatable bonds is 2. The highest BCUT2D eigenvalue weighted by Gasteiger charge is 2.23. The van der Waals surface area contributed by atoms with Gasteiger partial charge in [-0.1, -0.05) is 6.92 Å². The Morgan fingerprint density at radius 2 is 2.27 bits per heavy atom. The van der Waals surface area contributed by atoms with Crippen molar-refractivity contribution in [2.45, 2.75) is 18.7 Å². The van der Waals surface area contributed by atoms with Crippen molar-refractivity contribution in [3.05, 3.63) is 34.9 Å². The number of hydrogen-bond donors (Lipinski definition) is 1. The Morgan fingerprint density at radius 3 is 3.00 bits per heavy atom. The summed E-state index contributed by atoms with van der Waals surface area (Å²) < 4.78 is 26.6. The number of fused-ring (bicyclic) bond motifs is 1. The van der Waals surface area contributed by atoms with E-state index < -0.39 is 11.6 Å². The molecular formula is C11H13F2NS. The van der Waals surface area contributed by atoms with Crippen LogP contribution in [0.25, 0.3) is 0 Å². The van der Waals surface area contributed by atoms with Gasteiger partial charge in [0, 0.05) is 29.2 Å². The van der Waals surface area contributed by atoms with Gasteiger partial charge in [-0.2, -0.15) is 11.8 Å². The highest BCUT2D eigenvalue weighted by molar-refractivity contribution is 7.98. The van der Waals surface area contributed by atoms with E-state index in [0.29, 0.717) is 11.3 Å². The Morgan fingerprint density at radius 1 is 1.47 bits per heavy atom. The van der Waals surface area contributed by atoms with Crippen LogP contribution >= 0.6 is 11.8 Å². The molecule has 0 aliphatic carbocycles. The lowest BCUT2D eigenvalue weighted by molar-refractivity contribution is 0.545. The van der Waals surface area contributed by atoms with Gasteiger partial charge in [-0.15, -0.1) is 0 Å². The van der Waals surface area contributed by atoms with Gasteiger partial charge in [0.25, 0.3) is 0 Å². The van der Waals surface area contributed by atoms with Crippen molar-refractivity contribution in [3.63, 3.8) is 0 Å². The average Bonchev–Trinajstić information content (AvgIpc) is 2.19. The van der Waals surface area contributed by atoms with Crippen LogP contribution in [0.15, 0.2) is 12.1 Å². The first-order chi connectivity index (χ1) is 7.22. The van der Waals surface area contributed by atoms with E-state index in [0.717, 1.165) is 23.9 Å². The molecule has 1 aliphatic heterocycles. The largest absolute Gasteiger partial charge is 0.309 e. The summed E-state index contributed by atoms with van der Waals surface area (Å²) in [4.78, 5) is 0. The van der Waals surface area contributed by atoms with E-state index in [9.17, 15) is 8.78 Å². The predicted octanol–water partition coefficient (Wildman–Crippen LogP) is 2.86. The molecule has 1 nitrogen and oxygen atoms in total. The van der Waals surface area contributed by atoms with Crippen molar-refractivity contribution in [3.8, 4) is 0 Å². The molecule has 2 rings (SSSR count). The molecule has 0 spiro atoms. The lowest BCUT2D eigenvalue weighted by Crippen LogP contribution is -2.27. The van der Waals surface area contributed by atoms with Gasteiger partial charge in [0.1, 0.15) is 11.6 Å². The molecule has 0 radical (unpaired) electrons. The van der Waals surface area contributed by atoms with Crippen molar-refractivity contribution in [1.29, 1.82) is 0 Å². The summed E-state index contributed by atoms with van der Waals surface area (Å²) in [5.74, 6) is 0.619. The van der Waals surface area contributed by atoms with Crippen LogP contribution in [0.2, 0.25) is 0 Å². The highest BCUT2D eigenvalue weighted by atomic mass is 32.2. The number of benzene rings is 1. The topological polar surface area (TPSA) is 12.0 Å². The molecule has 0 fully saturated rings. The Labute approximate surface area is 92.3 Å². The maximum Gasteiger partial charge on any atom is 0.130 e. The summed E-state index contributed by atoms with van der Waals surface area (Å²) in [5.41, 5.74) is 1.44. The van der Waals surface area contributed by atoms with E-state index in [4.69, 9.17) is 0 Å². The molecule has 1 aromatic carbocycles. The summed E-state index contributed by atoms with van der Waals surface area (Å²) in [6.07, 6.45) is 0. The molecule has 15 heavy (non-hydrogen) atoms. The molecule has 0 saturated carbocycles. The number of thioether (sulfide) groups is 1. The van der Waals surface area contributed by atoms with Gasteiger partial charge in [-0.3, -0.25) is 0 Å². The van der Waals surface area contributed by atoms with Crippen molar-refractivity contribution < 1.29 is 8.78 Å². The summed E-state index contributed by atoms with van der Waals surface area (Å²) in [5, 5.41) is 3.24. The summed E-state index contributed by atoms with van der Waals surface area (Å²) in [7, 11) is 0. The minimum atomic E-state index is -0.485. The molecule has 1 heterocycles. The minimum absolute atomic E-state index is 0.0777. The fourth-order valence-corrected chi connectivity index (χ4v) is 3.03. The van der Waals surface area contributed by atoms with Gasteiger partial charge in [0.05, 0.1) is 0 Å². The van der Waals surface area contributed by atoms with E-state index in [2.05, 4.69) is 5.32 Å². The van der Waals surface area contributed by atoms with Crippen LogP contribution in [0.3, 0.4) is 0 Å². The number of nitrogens with one attached hydrogen (secondary N) is 1. The van der Waals surface area contributed by atoms with Crippen molar-refractivity contribution in [1.82, 2.24) is 5.32 Å². The van der Waals surface area contributed by atoms with Crippen LogP contribution in [-0.2, 0) is 5.75 Å². The van der Waals surface area contributed by atoms with E-state index in [-0.39, 0.29) is 6.04 Å². The normalized spacial score (nSPS) is 20.1. The fraction of sp³-hybridized carbons (Fsp3) is 0.455. The van der Waals surface area contributed by atoms with E-state index >= 15 is 0 Å². The lowest BCUT2D eigenvalue weighted by atomic mass is 10.0. The maximum absolute atomic E-state index is 13.5. The minimum Gasteiger partial charge on any atom is -0.309 e. The smallest absolute Gasteiger partial charge is 0.130 e. The quantitative estimate of drug-likeness (QED) is 0.837. The van der Waals surface area contributed by atoms with Crippen LogP contribution in [0.5, 0.6) is 0 Å². The lowest BCUT2D eigenvalue weighted by Gasteiger charge is -2.26. The standard InChI is InChI=1S/C11H13F2NS/c1-2-14-11-6-15-5-9-8(11)3-7(12)4-10(9)13/h3-4,11,14H,2,5-6H2,1H3. The third kappa shape index (κ3) is 2.16. The van der Waals surface area contributed by atoms with Gasteiger partial charge in [-0.25, -0.2) is 8.78 Å². The second-order valence-corrected chi connectivity index (χ2v) is 4.61. The molecule has 1 unspecified atom stereocenters. The van der Waals surface area contributed by atoms with Crippen LogP contribution in [0.4, 0.5) is 8.78 Å². The van der Waals surface area contributed by atoms with Crippen molar-refractivity contribution in [2.75, 3.05) is 12.3 Å². The van der Waals surface area contributed by atoms with Crippen molar-refractivity contribution >= 4 is 11.8 Å². The first kappa shape index (κ1) is 10.9. The zero-order chi connectivity index (χ0) is 10.8. The molecule has 1 aliphatic rings. The van der Waals surface area contributed by atoms with Gasteiger partial charge in [0.15, 0.2) is 0 Å². The molecule has 0 aromatic heterocycles. The summed E-state index contributed by atoms with van der Waals surface area (Å²) in [6, 6.07) is 2.49. The summed E-state index contributed by atoms with van der Waals surface area (Å²) in [6.45, 7) is 2.80. The van der Waals surface area contributed by atoms with Crippen LogP contribution in [0, 0.1) is 11.6 Å². The van der Waals surface area contributed by atoms with Gasteiger partial charge in [0.2, 0.25) is 0 Å². The molecule has 0 saturated heterocycles. The van der Waals surface area contributed by atoms with Crippen LogP contribution in [-0.4, -0.2) is 12.3 Å². The fourth-order valence-electron chi connectivity index (χ4n) is 1.87. The molecule has 1 atom stereocenters. The van der Waals surface area contributed by atoms with Gasteiger partial charge in [-0.05, 0) is 18.2 Å². The molecule has 4 heteroatoms. The second-order valence-electron chi connectivity index (χ2n) is 3.58. The average molecular weight is 229 g/mol. The van der Waals surface area contributed by atoms with Gasteiger partial charge >= 0.3 is 0 Å². The molecule has 82 valence electrons.